The van der Waals surface area contributed by atoms with Gasteiger partial charge in [0.2, 0.25) is 15.9 Å². The summed E-state index contributed by atoms with van der Waals surface area (Å²) in [5.74, 6) is -0.928. The third-order valence-corrected chi connectivity index (χ3v) is 6.05. The Hall–Kier alpha value is -1.52. The second kappa shape index (κ2) is 8.46. The van der Waals surface area contributed by atoms with Gasteiger partial charge in [-0.2, -0.15) is 17.9 Å². The number of nitrogens with one attached hydrogen (secondary N) is 2. The SMILES string of the molecule is C[C@@H](NS(=O)(=O)c1cc(Cl)ccc1Cl)C(=O)Nc1cc(C(F)(F)F)ccc1Cl. The van der Waals surface area contributed by atoms with Gasteiger partial charge in [-0.15, -0.1) is 0 Å². The van der Waals surface area contributed by atoms with Crippen LogP contribution in [-0.2, 0) is 21.0 Å². The monoisotopic (exact) mass is 474 g/mol. The van der Waals surface area contributed by atoms with Gasteiger partial charge < -0.3 is 5.32 Å². The van der Waals surface area contributed by atoms with Crippen LogP contribution in [0, 0.1) is 0 Å². The summed E-state index contributed by atoms with van der Waals surface area (Å²) >= 11 is 17.4. The Morgan fingerprint density at radius 2 is 1.64 bits per heavy atom. The van der Waals surface area contributed by atoms with Crippen LogP contribution in [0.1, 0.15) is 12.5 Å². The van der Waals surface area contributed by atoms with Crippen LogP contribution in [0.3, 0.4) is 0 Å². The summed E-state index contributed by atoms with van der Waals surface area (Å²) in [4.78, 5) is 11.9. The molecule has 0 saturated carbocycles. The van der Waals surface area contributed by atoms with Crippen molar-refractivity contribution in [2.45, 2.75) is 24.0 Å². The molecule has 152 valence electrons. The molecule has 0 bridgehead atoms. The third kappa shape index (κ3) is 5.51. The standard InChI is InChI=1S/C16H12Cl3F3N2O3S/c1-8(24-28(26,27)14-7-10(17)3-5-12(14)19)15(25)23-13-6-9(16(20,21)22)2-4-11(13)18/h2-8,24H,1H3,(H,23,25)/t8-/m1/s1. The van der Waals surface area contributed by atoms with Crippen LogP contribution in [0.15, 0.2) is 41.3 Å². The highest BCUT2D eigenvalue weighted by atomic mass is 35.5. The summed E-state index contributed by atoms with van der Waals surface area (Å²) in [5, 5.41) is 2.01. The summed E-state index contributed by atoms with van der Waals surface area (Å²) in [7, 11) is -4.23. The van der Waals surface area contributed by atoms with Gasteiger partial charge in [-0.3, -0.25) is 4.79 Å². The zero-order chi connectivity index (χ0) is 21.3. The fourth-order valence-electron chi connectivity index (χ4n) is 2.07. The van der Waals surface area contributed by atoms with E-state index >= 15 is 0 Å². The van der Waals surface area contributed by atoms with E-state index in [4.69, 9.17) is 34.8 Å². The number of sulfonamides is 1. The minimum absolute atomic E-state index is 0.109. The highest BCUT2D eigenvalue weighted by Crippen LogP contribution is 2.34. The molecule has 2 rings (SSSR count). The molecule has 0 fully saturated rings. The molecule has 2 aromatic rings. The van der Waals surface area contributed by atoms with Crippen molar-refractivity contribution in [1.29, 1.82) is 0 Å². The van der Waals surface area contributed by atoms with Gasteiger partial charge in [0, 0.05) is 5.02 Å². The van der Waals surface area contributed by atoms with Crippen molar-refractivity contribution in [3.05, 3.63) is 57.0 Å². The van der Waals surface area contributed by atoms with Gasteiger partial charge >= 0.3 is 6.18 Å². The molecular weight excluding hydrogens is 464 g/mol. The molecule has 0 spiro atoms. The van der Waals surface area contributed by atoms with Crippen LogP contribution in [0.5, 0.6) is 0 Å². The Morgan fingerprint density at radius 3 is 2.25 bits per heavy atom. The van der Waals surface area contributed by atoms with E-state index in [0.29, 0.717) is 6.07 Å². The second-order valence-corrected chi connectivity index (χ2v) is 8.53. The predicted molar refractivity (Wildman–Crippen MR) is 101 cm³/mol. The Balaban J connectivity index is 2.21. The number of hydrogen-bond donors (Lipinski definition) is 2. The predicted octanol–water partition coefficient (Wildman–Crippen LogP) is 4.97. The van der Waals surface area contributed by atoms with Crippen molar-refractivity contribution in [3.8, 4) is 0 Å². The average molecular weight is 476 g/mol. The van der Waals surface area contributed by atoms with Crippen LogP contribution in [-0.4, -0.2) is 20.4 Å². The second-order valence-electron chi connectivity index (χ2n) is 5.60. The number of amides is 1. The molecule has 0 aromatic heterocycles. The van der Waals surface area contributed by atoms with E-state index in [0.717, 1.165) is 18.2 Å². The molecule has 1 amide bonds. The molecule has 5 nitrogen and oxygen atoms in total. The lowest BCUT2D eigenvalue weighted by Crippen LogP contribution is -2.41. The van der Waals surface area contributed by atoms with E-state index in [-0.39, 0.29) is 25.7 Å². The van der Waals surface area contributed by atoms with Crippen LogP contribution in [0.4, 0.5) is 18.9 Å². The fourth-order valence-corrected chi connectivity index (χ4v) is 4.20. The van der Waals surface area contributed by atoms with Gasteiger partial charge in [0.25, 0.3) is 0 Å². The van der Waals surface area contributed by atoms with Gasteiger partial charge in [0.05, 0.1) is 27.3 Å². The van der Waals surface area contributed by atoms with Crippen molar-refractivity contribution in [2.75, 3.05) is 5.32 Å². The van der Waals surface area contributed by atoms with Crippen molar-refractivity contribution in [2.24, 2.45) is 0 Å². The number of anilines is 1. The maximum Gasteiger partial charge on any atom is 0.416 e. The number of alkyl halides is 3. The maximum atomic E-state index is 12.8. The Kier molecular flexibility index (Phi) is 6.88. The number of benzene rings is 2. The van der Waals surface area contributed by atoms with Crippen molar-refractivity contribution in [3.63, 3.8) is 0 Å². The Morgan fingerprint density at radius 1 is 1.04 bits per heavy atom. The van der Waals surface area contributed by atoms with Crippen LogP contribution in [0.2, 0.25) is 15.1 Å². The smallest absolute Gasteiger partial charge is 0.323 e. The lowest BCUT2D eigenvalue weighted by atomic mass is 10.2. The van der Waals surface area contributed by atoms with Crippen LogP contribution >= 0.6 is 34.8 Å². The summed E-state index contributed by atoms with van der Waals surface area (Å²) < 4.78 is 65.3. The first-order chi connectivity index (χ1) is 12.8. The molecule has 0 saturated heterocycles. The summed E-state index contributed by atoms with van der Waals surface area (Å²) in [6.45, 7) is 1.20. The Labute approximate surface area is 173 Å². The number of hydrogen-bond acceptors (Lipinski definition) is 3. The average Bonchev–Trinajstić information content (AvgIpc) is 2.57. The molecule has 12 heteroatoms. The first-order valence-corrected chi connectivity index (χ1v) is 10.1. The summed E-state index contributed by atoms with van der Waals surface area (Å²) in [6.07, 6.45) is -4.64. The van der Waals surface area contributed by atoms with Crippen LogP contribution in [0.25, 0.3) is 0 Å². The van der Waals surface area contributed by atoms with E-state index in [2.05, 4.69) is 10.0 Å². The highest BCUT2D eigenvalue weighted by Gasteiger charge is 2.31. The molecular formula is C16H12Cl3F3N2O3S. The molecule has 1 atom stereocenters. The van der Waals surface area contributed by atoms with Gasteiger partial charge in [-0.05, 0) is 43.3 Å². The van der Waals surface area contributed by atoms with E-state index in [1.54, 1.807) is 0 Å². The Bertz CT molecular complexity index is 1010. The largest absolute Gasteiger partial charge is 0.416 e. The van der Waals surface area contributed by atoms with Gasteiger partial charge in [-0.1, -0.05) is 34.8 Å². The maximum absolute atomic E-state index is 12.8. The molecule has 0 heterocycles. The normalized spacial score (nSPS) is 13.2. The lowest BCUT2D eigenvalue weighted by Gasteiger charge is -2.17. The lowest BCUT2D eigenvalue weighted by molar-refractivity contribution is -0.137. The number of halogens is 6. The zero-order valence-corrected chi connectivity index (χ0v) is 17.0. The molecule has 28 heavy (non-hydrogen) atoms. The van der Waals surface area contributed by atoms with Gasteiger partial charge in [0.15, 0.2) is 0 Å². The van der Waals surface area contributed by atoms with Gasteiger partial charge in [-0.25, -0.2) is 8.42 Å². The van der Waals surface area contributed by atoms with Crippen molar-refractivity contribution >= 4 is 56.4 Å². The van der Waals surface area contributed by atoms with E-state index in [9.17, 15) is 26.4 Å². The highest BCUT2D eigenvalue weighted by molar-refractivity contribution is 7.89. The summed E-state index contributed by atoms with van der Waals surface area (Å²) in [6, 6.07) is 4.77. The summed E-state index contributed by atoms with van der Waals surface area (Å²) in [5.41, 5.74) is -1.33. The fraction of sp³-hybridized carbons (Fsp3) is 0.188. The molecule has 2 N–H and O–H groups in total. The molecule has 0 aliphatic carbocycles. The zero-order valence-electron chi connectivity index (χ0n) is 13.9. The topological polar surface area (TPSA) is 75.3 Å². The molecule has 0 aliphatic heterocycles. The van der Waals surface area contributed by atoms with Crippen LogP contribution < -0.4 is 10.0 Å². The first kappa shape index (κ1) is 22.8. The molecule has 2 aromatic carbocycles. The molecule has 0 radical (unpaired) electrons. The van der Waals surface area contributed by atoms with E-state index < -0.39 is 33.7 Å². The van der Waals surface area contributed by atoms with Crippen molar-refractivity contribution in [1.82, 2.24) is 4.72 Å². The third-order valence-electron chi connectivity index (χ3n) is 3.46. The molecule has 0 unspecified atom stereocenters. The minimum Gasteiger partial charge on any atom is -0.323 e. The van der Waals surface area contributed by atoms with Crippen molar-refractivity contribution < 1.29 is 26.4 Å². The first-order valence-electron chi connectivity index (χ1n) is 7.46. The minimum atomic E-state index is -4.64. The number of carbonyl (C=O) groups excluding carboxylic acids is 1. The number of rotatable bonds is 5. The van der Waals surface area contributed by atoms with E-state index in [1.165, 1.54) is 19.1 Å². The molecule has 0 aliphatic rings. The number of carbonyl (C=O) groups is 1. The van der Waals surface area contributed by atoms with Gasteiger partial charge in [0.1, 0.15) is 4.90 Å². The quantitative estimate of drug-likeness (QED) is 0.641. The van der Waals surface area contributed by atoms with E-state index in [1.807, 2.05) is 0 Å².